The van der Waals surface area contributed by atoms with Crippen molar-refractivity contribution >= 4 is 17.6 Å². The van der Waals surface area contributed by atoms with Crippen LogP contribution in [0.1, 0.15) is 37.8 Å². The summed E-state index contributed by atoms with van der Waals surface area (Å²) in [5, 5.41) is 5.55. The second kappa shape index (κ2) is 6.92. The molecule has 0 bridgehead atoms. The lowest BCUT2D eigenvalue weighted by atomic mass is 9.93. The van der Waals surface area contributed by atoms with Gasteiger partial charge in [0.15, 0.2) is 0 Å². The monoisotopic (exact) mass is 287 g/mol. The average molecular weight is 287 g/mol. The number of anilines is 1. The molecule has 0 fully saturated rings. The minimum Gasteiger partial charge on any atom is -0.351 e. The van der Waals surface area contributed by atoms with E-state index < -0.39 is 6.03 Å². The number of nitrogens with two attached hydrogens (primary N) is 1. The Hall–Kier alpha value is -2.30. The van der Waals surface area contributed by atoms with Crippen molar-refractivity contribution in [2.45, 2.75) is 32.2 Å². The molecule has 0 saturated heterocycles. The molecule has 2 rings (SSSR count). The number of primary amides is 1. The van der Waals surface area contributed by atoms with Gasteiger partial charge in [0.2, 0.25) is 5.91 Å². The van der Waals surface area contributed by atoms with Crippen LogP contribution < -0.4 is 16.4 Å². The normalized spacial score (nSPS) is 18.8. The molecule has 0 spiro atoms. The van der Waals surface area contributed by atoms with E-state index in [4.69, 9.17) is 5.73 Å². The number of rotatable bonds is 4. The molecule has 1 aromatic rings. The van der Waals surface area contributed by atoms with Crippen molar-refractivity contribution in [3.05, 3.63) is 42.0 Å². The van der Waals surface area contributed by atoms with E-state index >= 15 is 0 Å². The minimum atomic E-state index is -0.588. The van der Waals surface area contributed by atoms with E-state index in [1.807, 2.05) is 19.1 Å². The van der Waals surface area contributed by atoms with Gasteiger partial charge in [0, 0.05) is 11.6 Å². The quantitative estimate of drug-likeness (QED) is 0.744. The number of allylic oxidation sites excluding steroid dienone is 2. The lowest BCUT2D eigenvalue weighted by molar-refractivity contribution is -0.125. The molecule has 0 aliphatic heterocycles. The maximum Gasteiger partial charge on any atom is 0.316 e. The van der Waals surface area contributed by atoms with Gasteiger partial charge in [-0.3, -0.25) is 4.79 Å². The number of nitrogens with one attached hydrogen (secondary N) is 2. The van der Waals surface area contributed by atoms with Crippen LogP contribution >= 0.6 is 0 Å². The van der Waals surface area contributed by atoms with E-state index in [0.717, 1.165) is 24.8 Å². The molecule has 2 atom stereocenters. The number of amides is 3. The van der Waals surface area contributed by atoms with Crippen molar-refractivity contribution in [3.8, 4) is 0 Å². The molecular formula is C16H21N3O2. The van der Waals surface area contributed by atoms with Crippen molar-refractivity contribution in [2.75, 3.05) is 5.32 Å². The molecule has 0 heterocycles. The van der Waals surface area contributed by atoms with Crippen LogP contribution in [0.4, 0.5) is 10.5 Å². The van der Waals surface area contributed by atoms with Gasteiger partial charge < -0.3 is 16.4 Å². The van der Waals surface area contributed by atoms with Crippen molar-refractivity contribution < 1.29 is 9.59 Å². The summed E-state index contributed by atoms with van der Waals surface area (Å²) < 4.78 is 0. The average Bonchev–Trinajstić information content (AvgIpc) is 2.48. The van der Waals surface area contributed by atoms with Crippen LogP contribution in [0.2, 0.25) is 0 Å². The van der Waals surface area contributed by atoms with Crippen LogP contribution in [-0.4, -0.2) is 11.9 Å². The number of hydrogen-bond acceptors (Lipinski definition) is 2. The Morgan fingerprint density at radius 1 is 1.24 bits per heavy atom. The van der Waals surface area contributed by atoms with E-state index in [1.165, 1.54) is 0 Å². The van der Waals surface area contributed by atoms with Gasteiger partial charge in [0.25, 0.3) is 0 Å². The van der Waals surface area contributed by atoms with Crippen LogP contribution in [0, 0.1) is 5.92 Å². The van der Waals surface area contributed by atoms with Crippen LogP contribution in [0.25, 0.3) is 0 Å². The molecule has 112 valence electrons. The topological polar surface area (TPSA) is 84.2 Å². The zero-order valence-electron chi connectivity index (χ0n) is 12.1. The predicted octanol–water partition coefficient (Wildman–Crippen LogP) is 2.71. The Morgan fingerprint density at radius 3 is 2.52 bits per heavy atom. The molecule has 5 heteroatoms. The Labute approximate surface area is 124 Å². The summed E-state index contributed by atoms with van der Waals surface area (Å²) in [6.45, 7) is 1.95. The van der Waals surface area contributed by atoms with Gasteiger partial charge in [0.1, 0.15) is 0 Å². The molecule has 4 N–H and O–H groups in total. The molecule has 21 heavy (non-hydrogen) atoms. The van der Waals surface area contributed by atoms with E-state index in [2.05, 4.69) is 22.8 Å². The smallest absolute Gasteiger partial charge is 0.316 e. The molecule has 5 nitrogen and oxygen atoms in total. The summed E-state index contributed by atoms with van der Waals surface area (Å²) in [5.41, 5.74) is 6.69. The molecule has 3 amide bonds. The Morgan fingerprint density at radius 2 is 1.95 bits per heavy atom. The second-order valence-electron chi connectivity index (χ2n) is 5.32. The maximum absolute atomic E-state index is 12.2. The van der Waals surface area contributed by atoms with E-state index in [0.29, 0.717) is 5.69 Å². The molecule has 1 aliphatic carbocycles. The lowest BCUT2D eigenvalue weighted by Gasteiger charge is -2.21. The molecule has 1 aromatic carbocycles. The first kappa shape index (κ1) is 15.1. The Kier molecular flexibility index (Phi) is 4.98. The highest BCUT2D eigenvalue weighted by atomic mass is 16.2. The fourth-order valence-corrected chi connectivity index (χ4v) is 2.44. The van der Waals surface area contributed by atoms with Crippen molar-refractivity contribution in [3.63, 3.8) is 0 Å². The van der Waals surface area contributed by atoms with Gasteiger partial charge in [-0.15, -0.1) is 0 Å². The maximum atomic E-state index is 12.2. The summed E-state index contributed by atoms with van der Waals surface area (Å²) in [7, 11) is 0. The van der Waals surface area contributed by atoms with Gasteiger partial charge >= 0.3 is 6.03 Å². The SMILES string of the molecule is CC(NC(=O)C1CC=CCC1)c1ccc(NC(N)=O)cc1. The number of urea groups is 1. The second-order valence-corrected chi connectivity index (χ2v) is 5.32. The summed E-state index contributed by atoms with van der Waals surface area (Å²) in [6.07, 6.45) is 6.90. The van der Waals surface area contributed by atoms with Crippen molar-refractivity contribution in [1.29, 1.82) is 0 Å². The standard InChI is InChI=1S/C16H21N3O2/c1-11(18-15(20)13-5-3-2-4-6-13)12-7-9-14(10-8-12)19-16(17)21/h2-3,7-11,13H,4-6H2,1H3,(H,18,20)(H3,17,19,21). The third-order valence-corrected chi connectivity index (χ3v) is 3.68. The fraction of sp³-hybridized carbons (Fsp3) is 0.375. The first-order chi connectivity index (χ1) is 10.1. The zero-order chi connectivity index (χ0) is 15.2. The van der Waals surface area contributed by atoms with E-state index in [-0.39, 0.29) is 17.9 Å². The first-order valence-corrected chi connectivity index (χ1v) is 7.18. The summed E-state index contributed by atoms with van der Waals surface area (Å²) in [5.74, 6) is 0.180. The highest BCUT2D eigenvalue weighted by molar-refractivity contribution is 5.87. The van der Waals surface area contributed by atoms with Crippen molar-refractivity contribution in [1.82, 2.24) is 5.32 Å². The molecular weight excluding hydrogens is 266 g/mol. The largest absolute Gasteiger partial charge is 0.351 e. The first-order valence-electron chi connectivity index (χ1n) is 7.18. The molecule has 0 aromatic heterocycles. The van der Waals surface area contributed by atoms with Crippen LogP contribution in [0.15, 0.2) is 36.4 Å². The zero-order valence-corrected chi connectivity index (χ0v) is 12.1. The molecule has 2 unspecified atom stereocenters. The molecule has 1 aliphatic rings. The van der Waals surface area contributed by atoms with Crippen molar-refractivity contribution in [2.24, 2.45) is 11.7 Å². The van der Waals surface area contributed by atoms with Crippen LogP contribution in [-0.2, 0) is 4.79 Å². The number of hydrogen-bond donors (Lipinski definition) is 3. The third kappa shape index (κ3) is 4.34. The minimum absolute atomic E-state index is 0.0639. The summed E-state index contributed by atoms with van der Waals surface area (Å²) in [6, 6.07) is 6.63. The Bertz CT molecular complexity index is 537. The fourth-order valence-electron chi connectivity index (χ4n) is 2.44. The van der Waals surface area contributed by atoms with Gasteiger partial charge in [-0.1, -0.05) is 24.3 Å². The third-order valence-electron chi connectivity index (χ3n) is 3.68. The number of benzene rings is 1. The van der Waals surface area contributed by atoms with Crippen LogP contribution in [0.3, 0.4) is 0 Å². The van der Waals surface area contributed by atoms with E-state index in [1.54, 1.807) is 12.1 Å². The predicted molar refractivity (Wildman–Crippen MR) is 82.7 cm³/mol. The molecule has 0 radical (unpaired) electrons. The van der Waals surface area contributed by atoms with Gasteiger partial charge in [-0.25, -0.2) is 4.79 Å². The Balaban J connectivity index is 1.93. The van der Waals surface area contributed by atoms with Gasteiger partial charge in [-0.05, 0) is 43.9 Å². The number of carbonyl (C=O) groups excluding carboxylic acids is 2. The van der Waals surface area contributed by atoms with Gasteiger partial charge in [0.05, 0.1) is 6.04 Å². The molecule has 0 saturated carbocycles. The summed E-state index contributed by atoms with van der Waals surface area (Å²) >= 11 is 0. The van der Waals surface area contributed by atoms with Crippen LogP contribution in [0.5, 0.6) is 0 Å². The highest BCUT2D eigenvalue weighted by Gasteiger charge is 2.20. The van der Waals surface area contributed by atoms with E-state index in [9.17, 15) is 9.59 Å². The lowest BCUT2D eigenvalue weighted by Crippen LogP contribution is -2.33. The van der Waals surface area contributed by atoms with Gasteiger partial charge in [-0.2, -0.15) is 0 Å². The highest BCUT2D eigenvalue weighted by Crippen LogP contribution is 2.21. The number of carbonyl (C=O) groups is 2. The summed E-state index contributed by atoms with van der Waals surface area (Å²) in [4.78, 5) is 22.9.